The molecule has 0 saturated heterocycles. The fraction of sp³-hybridized carbons (Fsp3) is 0.545. The van der Waals surface area contributed by atoms with E-state index in [0.29, 0.717) is 5.92 Å². The summed E-state index contributed by atoms with van der Waals surface area (Å²) in [5.74, 6) is 1.14. The Kier molecular flexibility index (Phi) is 3.47. The summed E-state index contributed by atoms with van der Waals surface area (Å²) in [5, 5.41) is 13.0. The maximum absolute atomic E-state index is 9.16. The van der Waals surface area contributed by atoms with Gasteiger partial charge in [0.05, 0.1) is 12.3 Å². The highest BCUT2D eigenvalue weighted by Gasteiger charge is 2.09. The van der Waals surface area contributed by atoms with Crippen LogP contribution in [0.3, 0.4) is 0 Å². The van der Waals surface area contributed by atoms with E-state index in [-0.39, 0.29) is 6.61 Å². The maximum Gasteiger partial charge on any atom is 0.141 e. The predicted molar refractivity (Wildman–Crippen MR) is 55.9 cm³/mol. The highest BCUT2D eigenvalue weighted by Crippen LogP contribution is 2.19. The third kappa shape index (κ3) is 2.23. The number of hydrogen-bond donors (Lipinski definition) is 1. The van der Waals surface area contributed by atoms with Gasteiger partial charge in [0.1, 0.15) is 5.76 Å². The zero-order valence-corrected chi connectivity index (χ0v) is 9.16. The summed E-state index contributed by atoms with van der Waals surface area (Å²) in [7, 11) is 0. The van der Waals surface area contributed by atoms with Crippen LogP contribution in [0.25, 0.3) is 6.08 Å². The van der Waals surface area contributed by atoms with Gasteiger partial charge in [-0.3, -0.25) is 0 Å². The second-order valence-corrected chi connectivity index (χ2v) is 3.77. The fourth-order valence-corrected chi connectivity index (χ4v) is 1.28. The Balaban J connectivity index is 3.05. The van der Waals surface area contributed by atoms with Crippen LogP contribution in [-0.2, 0) is 0 Å². The van der Waals surface area contributed by atoms with Gasteiger partial charge in [-0.2, -0.15) is 0 Å². The molecule has 0 bridgehead atoms. The second kappa shape index (κ2) is 4.42. The van der Waals surface area contributed by atoms with Gasteiger partial charge in [-0.15, -0.1) is 0 Å². The summed E-state index contributed by atoms with van der Waals surface area (Å²) in [6.07, 6.45) is 1.96. The van der Waals surface area contributed by atoms with Gasteiger partial charge in [0.2, 0.25) is 0 Å². The van der Waals surface area contributed by atoms with Crippen LogP contribution < -0.4 is 0 Å². The summed E-state index contributed by atoms with van der Waals surface area (Å²) >= 11 is 0. The zero-order valence-electron chi connectivity index (χ0n) is 9.16. The molecule has 0 aliphatic rings. The predicted octanol–water partition coefficient (Wildman–Crippen LogP) is 2.32. The largest absolute Gasteiger partial charge is 0.392 e. The van der Waals surface area contributed by atoms with Gasteiger partial charge in [0.15, 0.2) is 0 Å². The Morgan fingerprint density at radius 1 is 1.50 bits per heavy atom. The van der Waals surface area contributed by atoms with Crippen molar-refractivity contribution in [1.29, 1.82) is 0 Å². The van der Waals surface area contributed by atoms with Crippen LogP contribution in [0, 0.1) is 19.8 Å². The number of aliphatic hydroxyl groups is 1. The van der Waals surface area contributed by atoms with E-state index in [9.17, 15) is 0 Å². The van der Waals surface area contributed by atoms with Crippen LogP contribution in [0.1, 0.15) is 30.9 Å². The molecule has 0 aromatic carbocycles. The quantitative estimate of drug-likeness (QED) is 0.805. The number of nitrogens with zero attached hydrogens (tertiary/aromatic N) is 1. The molecule has 14 heavy (non-hydrogen) atoms. The maximum atomic E-state index is 9.16. The third-order valence-electron chi connectivity index (χ3n) is 2.34. The lowest BCUT2D eigenvalue weighted by Crippen LogP contribution is -1.99. The molecule has 3 nitrogen and oxygen atoms in total. The van der Waals surface area contributed by atoms with Crippen molar-refractivity contribution in [3.05, 3.63) is 22.6 Å². The summed E-state index contributed by atoms with van der Waals surface area (Å²) in [6.45, 7) is 7.97. The Morgan fingerprint density at radius 2 is 2.14 bits per heavy atom. The fourth-order valence-electron chi connectivity index (χ4n) is 1.28. The molecule has 1 rings (SSSR count). The number of aryl methyl sites for hydroxylation is 2. The van der Waals surface area contributed by atoms with Crippen LogP contribution in [0.15, 0.2) is 10.1 Å². The highest BCUT2D eigenvalue weighted by atomic mass is 16.5. The number of aromatic nitrogens is 1. The average Bonchev–Trinajstić information content (AvgIpc) is 2.43. The number of rotatable bonds is 3. The lowest BCUT2D eigenvalue weighted by atomic mass is 10.0. The molecule has 0 fully saturated rings. The van der Waals surface area contributed by atoms with Crippen LogP contribution in [0.4, 0.5) is 0 Å². The molecule has 0 atom stereocenters. The van der Waals surface area contributed by atoms with Crippen molar-refractivity contribution in [1.82, 2.24) is 5.16 Å². The molecule has 1 N–H and O–H groups in total. The lowest BCUT2D eigenvalue weighted by molar-refractivity contribution is 0.320. The Hall–Kier alpha value is -1.09. The molecule has 0 aliphatic carbocycles. The minimum atomic E-state index is 0.0850. The molecule has 0 amide bonds. The Bertz CT molecular complexity index is 318. The summed E-state index contributed by atoms with van der Waals surface area (Å²) in [6, 6.07) is 0. The summed E-state index contributed by atoms with van der Waals surface area (Å²) < 4.78 is 5.04. The minimum Gasteiger partial charge on any atom is -0.392 e. The van der Waals surface area contributed by atoms with Gasteiger partial charge in [-0.25, -0.2) is 0 Å². The van der Waals surface area contributed by atoms with Gasteiger partial charge in [-0.1, -0.05) is 19.0 Å². The van der Waals surface area contributed by atoms with Gasteiger partial charge in [0, 0.05) is 5.56 Å². The standard InChI is InChI=1S/C11H17NO2/c1-7(2)10(6-13)5-11-8(3)12-14-9(11)4/h5,7,13H,6H2,1-4H3. The number of hydrogen-bond acceptors (Lipinski definition) is 3. The molecule has 0 radical (unpaired) electrons. The highest BCUT2D eigenvalue weighted by molar-refractivity contribution is 5.56. The number of aliphatic hydroxyl groups excluding tert-OH is 1. The summed E-state index contributed by atoms with van der Waals surface area (Å²) in [5.41, 5.74) is 2.86. The Labute approximate surface area is 84.4 Å². The molecule has 0 saturated carbocycles. The monoisotopic (exact) mass is 195 g/mol. The second-order valence-electron chi connectivity index (χ2n) is 3.77. The van der Waals surface area contributed by atoms with Crippen LogP contribution >= 0.6 is 0 Å². The van der Waals surface area contributed by atoms with Gasteiger partial charge in [0.25, 0.3) is 0 Å². The Morgan fingerprint density at radius 3 is 2.50 bits per heavy atom. The van der Waals surface area contributed by atoms with Crippen molar-refractivity contribution in [2.45, 2.75) is 27.7 Å². The first kappa shape index (κ1) is 11.0. The van der Waals surface area contributed by atoms with E-state index < -0.39 is 0 Å². The molecule has 78 valence electrons. The molecule has 0 spiro atoms. The zero-order chi connectivity index (χ0) is 10.7. The minimum absolute atomic E-state index is 0.0850. The van der Waals surface area contributed by atoms with Crippen LogP contribution in [0.2, 0.25) is 0 Å². The van der Waals surface area contributed by atoms with E-state index >= 15 is 0 Å². The van der Waals surface area contributed by atoms with Crippen LogP contribution in [-0.4, -0.2) is 16.9 Å². The molecule has 1 aromatic rings. The van der Waals surface area contributed by atoms with E-state index in [0.717, 1.165) is 22.6 Å². The van der Waals surface area contributed by atoms with E-state index in [1.165, 1.54) is 0 Å². The summed E-state index contributed by atoms with van der Waals surface area (Å²) in [4.78, 5) is 0. The van der Waals surface area contributed by atoms with Crippen molar-refractivity contribution in [2.75, 3.05) is 6.61 Å². The van der Waals surface area contributed by atoms with E-state index in [1.54, 1.807) is 0 Å². The van der Waals surface area contributed by atoms with Gasteiger partial charge < -0.3 is 9.63 Å². The lowest BCUT2D eigenvalue weighted by Gasteiger charge is -2.07. The van der Waals surface area contributed by atoms with Gasteiger partial charge >= 0.3 is 0 Å². The normalized spacial score (nSPS) is 12.6. The van der Waals surface area contributed by atoms with Crippen molar-refractivity contribution >= 4 is 6.08 Å². The molecule has 1 aromatic heterocycles. The molecular weight excluding hydrogens is 178 g/mol. The molecule has 1 heterocycles. The van der Waals surface area contributed by atoms with Crippen molar-refractivity contribution in [2.24, 2.45) is 5.92 Å². The van der Waals surface area contributed by atoms with Crippen LogP contribution in [0.5, 0.6) is 0 Å². The average molecular weight is 195 g/mol. The molecule has 0 aliphatic heterocycles. The first-order valence-electron chi connectivity index (χ1n) is 4.80. The molecular formula is C11H17NO2. The first-order valence-corrected chi connectivity index (χ1v) is 4.80. The first-order chi connectivity index (χ1) is 6.56. The van der Waals surface area contributed by atoms with E-state index in [4.69, 9.17) is 9.63 Å². The SMILES string of the molecule is Cc1noc(C)c1C=C(CO)C(C)C. The molecule has 3 heteroatoms. The van der Waals surface area contributed by atoms with Gasteiger partial charge in [-0.05, 0) is 31.4 Å². The molecule has 0 unspecified atom stereocenters. The van der Waals surface area contributed by atoms with Crippen molar-refractivity contribution < 1.29 is 9.63 Å². The topological polar surface area (TPSA) is 46.3 Å². The van der Waals surface area contributed by atoms with Crippen molar-refractivity contribution in [3.8, 4) is 0 Å². The van der Waals surface area contributed by atoms with E-state index in [1.807, 2.05) is 19.9 Å². The van der Waals surface area contributed by atoms with Crippen molar-refractivity contribution in [3.63, 3.8) is 0 Å². The van der Waals surface area contributed by atoms with E-state index in [2.05, 4.69) is 19.0 Å². The third-order valence-corrected chi connectivity index (χ3v) is 2.34. The smallest absolute Gasteiger partial charge is 0.141 e.